The Bertz CT molecular complexity index is 597. The second kappa shape index (κ2) is 5.26. The normalized spacial score (nSPS) is 22.9. The third-order valence-electron chi connectivity index (χ3n) is 3.20. The molecule has 1 N–H and O–H groups in total. The number of hydrogen-bond donors (Lipinski definition) is 1. The number of nitrogens with zero attached hydrogens (tertiary/aromatic N) is 2. The molecule has 3 rings (SSSR count). The van der Waals surface area contributed by atoms with Crippen LogP contribution in [0.1, 0.15) is 18.2 Å². The molecular weight excluding hydrogens is 270 g/mol. The molecule has 0 radical (unpaired) electrons. The summed E-state index contributed by atoms with van der Waals surface area (Å²) >= 11 is 0. The molecule has 1 fully saturated rings. The number of ether oxygens (including phenoxy) is 1. The van der Waals surface area contributed by atoms with E-state index in [0.29, 0.717) is 13.0 Å². The highest BCUT2D eigenvalue weighted by Crippen LogP contribution is 2.27. The molecule has 2 atom stereocenters. The van der Waals surface area contributed by atoms with Gasteiger partial charge in [0.2, 0.25) is 11.7 Å². The lowest BCUT2D eigenvalue weighted by molar-refractivity contribution is -0.0149. The van der Waals surface area contributed by atoms with Crippen molar-refractivity contribution in [3.05, 3.63) is 35.7 Å². The summed E-state index contributed by atoms with van der Waals surface area (Å²) in [4.78, 5) is 4.09. The Balaban J connectivity index is 1.89. The maximum Gasteiger partial charge on any atom is 0.235 e. The van der Waals surface area contributed by atoms with E-state index in [4.69, 9.17) is 9.26 Å². The minimum absolute atomic E-state index is 0.0798. The van der Waals surface area contributed by atoms with Crippen molar-refractivity contribution in [1.29, 1.82) is 0 Å². The van der Waals surface area contributed by atoms with Crippen molar-refractivity contribution in [2.45, 2.75) is 18.4 Å². The van der Waals surface area contributed by atoms with Crippen molar-refractivity contribution < 1.29 is 23.1 Å². The fourth-order valence-corrected chi connectivity index (χ4v) is 2.15. The molecule has 0 bridgehead atoms. The van der Waals surface area contributed by atoms with Crippen molar-refractivity contribution in [1.82, 2.24) is 10.1 Å². The summed E-state index contributed by atoms with van der Waals surface area (Å²) in [6.45, 7) is 0.758. The summed E-state index contributed by atoms with van der Waals surface area (Å²) in [5.41, 5.74) is 0.184. The molecule has 2 heterocycles. The Kier molecular flexibility index (Phi) is 3.45. The molecule has 1 aromatic carbocycles. The van der Waals surface area contributed by atoms with Gasteiger partial charge in [0, 0.05) is 18.2 Å². The Morgan fingerprint density at radius 2 is 1.95 bits per heavy atom. The van der Waals surface area contributed by atoms with Gasteiger partial charge < -0.3 is 14.4 Å². The molecule has 20 heavy (non-hydrogen) atoms. The van der Waals surface area contributed by atoms with Crippen molar-refractivity contribution in [3.63, 3.8) is 0 Å². The van der Waals surface area contributed by atoms with Crippen LogP contribution >= 0.6 is 0 Å². The predicted octanol–water partition coefficient (Wildman–Crippen LogP) is 1.88. The van der Waals surface area contributed by atoms with E-state index in [0.717, 1.165) is 18.2 Å². The first kappa shape index (κ1) is 13.1. The van der Waals surface area contributed by atoms with Gasteiger partial charge in [-0.25, -0.2) is 8.78 Å². The highest BCUT2D eigenvalue weighted by molar-refractivity contribution is 5.54. The maximum absolute atomic E-state index is 13.2. The average Bonchev–Trinajstić information content (AvgIpc) is 2.87. The van der Waals surface area contributed by atoms with E-state index in [1.165, 1.54) is 0 Å². The largest absolute Gasteiger partial charge is 0.392 e. The number of benzene rings is 1. The molecule has 106 valence electrons. The number of halogens is 2. The number of rotatable bonds is 2. The van der Waals surface area contributed by atoms with E-state index < -0.39 is 23.7 Å². The van der Waals surface area contributed by atoms with Crippen molar-refractivity contribution >= 4 is 0 Å². The van der Waals surface area contributed by atoms with Gasteiger partial charge in [-0.05, 0) is 18.6 Å². The van der Waals surface area contributed by atoms with Gasteiger partial charge in [-0.2, -0.15) is 4.98 Å². The van der Waals surface area contributed by atoms with Gasteiger partial charge in [-0.1, -0.05) is 5.16 Å². The molecule has 1 aliphatic rings. The molecule has 7 heteroatoms. The van der Waals surface area contributed by atoms with Crippen LogP contribution in [0, 0.1) is 11.6 Å². The van der Waals surface area contributed by atoms with E-state index in [2.05, 4.69) is 10.1 Å². The molecule has 0 saturated carbocycles. The summed E-state index contributed by atoms with van der Waals surface area (Å²) < 4.78 is 36.6. The summed E-state index contributed by atoms with van der Waals surface area (Å²) in [5.74, 6) is -1.56. The van der Waals surface area contributed by atoms with Crippen molar-refractivity contribution in [3.8, 4) is 11.4 Å². The molecular formula is C13H12F2N2O3. The third kappa shape index (κ3) is 2.54. The lowest BCUT2D eigenvalue weighted by Crippen LogP contribution is -2.30. The summed E-state index contributed by atoms with van der Waals surface area (Å²) in [6, 6.07) is 3.00. The smallest absolute Gasteiger partial charge is 0.235 e. The average molecular weight is 282 g/mol. The molecule has 0 spiro atoms. The van der Waals surface area contributed by atoms with Crippen LogP contribution in [-0.4, -0.2) is 34.6 Å². The minimum atomic E-state index is -0.715. The first-order chi connectivity index (χ1) is 9.63. The first-order valence-corrected chi connectivity index (χ1v) is 6.19. The lowest BCUT2D eigenvalue weighted by atomic mass is 9.99. The van der Waals surface area contributed by atoms with Crippen LogP contribution in [0.3, 0.4) is 0 Å². The fourth-order valence-electron chi connectivity index (χ4n) is 2.15. The Morgan fingerprint density at radius 1 is 1.20 bits per heavy atom. The quantitative estimate of drug-likeness (QED) is 0.910. The SMILES string of the molecule is OC1CCOCC1c1nc(-c2cc(F)cc(F)c2)no1. The first-order valence-electron chi connectivity index (χ1n) is 6.19. The third-order valence-corrected chi connectivity index (χ3v) is 3.20. The van der Waals surface area contributed by atoms with E-state index in [9.17, 15) is 13.9 Å². The lowest BCUT2D eigenvalue weighted by Gasteiger charge is -2.24. The monoisotopic (exact) mass is 282 g/mol. The zero-order chi connectivity index (χ0) is 14.1. The molecule has 2 aromatic rings. The van der Waals surface area contributed by atoms with E-state index in [1.807, 2.05) is 0 Å². The minimum Gasteiger partial charge on any atom is -0.392 e. The van der Waals surface area contributed by atoms with Gasteiger partial charge in [0.25, 0.3) is 0 Å². The predicted molar refractivity (Wildman–Crippen MR) is 63.8 cm³/mol. The Morgan fingerprint density at radius 3 is 2.65 bits per heavy atom. The van der Waals surface area contributed by atoms with Gasteiger partial charge in [0.15, 0.2) is 0 Å². The molecule has 1 aromatic heterocycles. The van der Waals surface area contributed by atoms with Crippen molar-refractivity contribution in [2.75, 3.05) is 13.2 Å². The van der Waals surface area contributed by atoms with Gasteiger partial charge in [0.05, 0.1) is 18.6 Å². The Labute approximate surface area is 113 Å². The van der Waals surface area contributed by atoms with Crippen LogP contribution in [0.25, 0.3) is 11.4 Å². The number of aliphatic hydroxyl groups is 1. The van der Waals surface area contributed by atoms with Gasteiger partial charge in [-0.15, -0.1) is 0 Å². The zero-order valence-corrected chi connectivity index (χ0v) is 10.4. The molecule has 0 amide bonds. The van der Waals surface area contributed by atoms with E-state index >= 15 is 0 Å². The molecule has 0 aliphatic carbocycles. The summed E-state index contributed by atoms with van der Waals surface area (Å²) in [5, 5.41) is 13.6. The second-order valence-electron chi connectivity index (χ2n) is 4.65. The molecule has 1 aliphatic heterocycles. The fraction of sp³-hybridized carbons (Fsp3) is 0.385. The van der Waals surface area contributed by atoms with E-state index in [1.54, 1.807) is 0 Å². The zero-order valence-electron chi connectivity index (χ0n) is 10.4. The van der Waals surface area contributed by atoms with Crippen LogP contribution in [0.15, 0.2) is 22.7 Å². The topological polar surface area (TPSA) is 68.4 Å². The molecule has 1 saturated heterocycles. The van der Waals surface area contributed by atoms with Gasteiger partial charge in [-0.3, -0.25) is 0 Å². The summed E-state index contributed by atoms with van der Waals surface area (Å²) in [6.07, 6.45) is -0.141. The van der Waals surface area contributed by atoms with Crippen LogP contribution in [-0.2, 0) is 4.74 Å². The maximum atomic E-state index is 13.2. The number of aliphatic hydroxyl groups excluding tert-OH is 1. The van der Waals surface area contributed by atoms with Crippen LogP contribution in [0.4, 0.5) is 8.78 Å². The summed E-state index contributed by atoms with van der Waals surface area (Å²) in [7, 11) is 0. The van der Waals surface area contributed by atoms with Crippen LogP contribution in [0.2, 0.25) is 0 Å². The number of hydrogen-bond acceptors (Lipinski definition) is 5. The van der Waals surface area contributed by atoms with Crippen molar-refractivity contribution in [2.24, 2.45) is 0 Å². The highest BCUT2D eigenvalue weighted by Gasteiger charge is 2.30. The van der Waals surface area contributed by atoms with Gasteiger partial charge >= 0.3 is 0 Å². The van der Waals surface area contributed by atoms with E-state index in [-0.39, 0.29) is 23.9 Å². The van der Waals surface area contributed by atoms with Gasteiger partial charge in [0.1, 0.15) is 11.6 Å². The van der Waals surface area contributed by atoms with Crippen LogP contribution < -0.4 is 0 Å². The standard InChI is InChI=1S/C13H12F2N2O3/c14-8-3-7(4-9(15)5-8)12-16-13(20-17-12)10-6-19-2-1-11(10)18/h3-5,10-11,18H,1-2,6H2. The second-order valence-corrected chi connectivity index (χ2v) is 4.65. The molecule has 2 unspecified atom stereocenters. The Hall–Kier alpha value is -1.86. The number of aromatic nitrogens is 2. The molecule has 5 nitrogen and oxygen atoms in total. The highest BCUT2D eigenvalue weighted by atomic mass is 19.1. The van der Waals surface area contributed by atoms with Crippen LogP contribution in [0.5, 0.6) is 0 Å².